The van der Waals surface area contributed by atoms with E-state index in [0.29, 0.717) is 6.10 Å². The van der Waals surface area contributed by atoms with E-state index >= 15 is 0 Å². The van der Waals surface area contributed by atoms with Gasteiger partial charge in [-0.05, 0) is 44.6 Å². The highest BCUT2D eigenvalue weighted by molar-refractivity contribution is 4.78. The zero-order chi connectivity index (χ0) is 10.5. The summed E-state index contributed by atoms with van der Waals surface area (Å²) in [5, 5.41) is 3.71. The van der Waals surface area contributed by atoms with Gasteiger partial charge in [0.05, 0.1) is 6.10 Å². The normalized spacial score (nSPS) is 32.6. The predicted molar refractivity (Wildman–Crippen MR) is 63.0 cm³/mol. The second-order valence-corrected chi connectivity index (χ2v) is 5.25. The molecule has 2 aliphatic rings. The average molecular weight is 211 g/mol. The standard InChI is InChI=1S/C13H25NO/c1-15-13-7-5-12(6-8-13)14-10-9-11-3-2-4-11/h11-14H,2-10H2,1H3. The third kappa shape index (κ3) is 3.46. The summed E-state index contributed by atoms with van der Waals surface area (Å²) in [5.74, 6) is 1.05. The van der Waals surface area contributed by atoms with Crippen LogP contribution in [0.4, 0.5) is 0 Å². The Kier molecular flexibility index (Phi) is 4.45. The Labute approximate surface area is 93.8 Å². The smallest absolute Gasteiger partial charge is 0.0572 e. The summed E-state index contributed by atoms with van der Waals surface area (Å²) in [7, 11) is 1.84. The van der Waals surface area contributed by atoms with Crippen molar-refractivity contribution >= 4 is 0 Å². The van der Waals surface area contributed by atoms with Crippen LogP contribution in [0.1, 0.15) is 51.4 Å². The van der Waals surface area contributed by atoms with Crippen molar-refractivity contribution in [3.05, 3.63) is 0 Å². The van der Waals surface area contributed by atoms with Gasteiger partial charge in [0.2, 0.25) is 0 Å². The van der Waals surface area contributed by atoms with Gasteiger partial charge in [0, 0.05) is 13.2 Å². The summed E-state index contributed by atoms with van der Waals surface area (Å²) >= 11 is 0. The van der Waals surface area contributed by atoms with E-state index in [1.54, 1.807) is 0 Å². The van der Waals surface area contributed by atoms with E-state index in [-0.39, 0.29) is 0 Å². The topological polar surface area (TPSA) is 21.3 Å². The third-order valence-electron chi connectivity index (χ3n) is 4.22. The minimum Gasteiger partial charge on any atom is -0.381 e. The van der Waals surface area contributed by atoms with E-state index in [2.05, 4.69) is 5.32 Å². The van der Waals surface area contributed by atoms with Crippen LogP contribution in [-0.2, 0) is 4.74 Å². The molecule has 2 saturated carbocycles. The van der Waals surface area contributed by atoms with Crippen LogP contribution >= 0.6 is 0 Å². The van der Waals surface area contributed by atoms with Crippen molar-refractivity contribution in [2.24, 2.45) is 5.92 Å². The summed E-state index contributed by atoms with van der Waals surface area (Å²) < 4.78 is 5.38. The molecule has 0 unspecified atom stereocenters. The fraction of sp³-hybridized carbons (Fsp3) is 1.00. The highest BCUT2D eigenvalue weighted by Gasteiger charge is 2.21. The van der Waals surface area contributed by atoms with E-state index in [1.807, 2.05) is 7.11 Å². The summed E-state index contributed by atoms with van der Waals surface area (Å²) in [6.07, 6.45) is 11.5. The lowest BCUT2D eigenvalue weighted by Crippen LogP contribution is -2.36. The molecule has 0 atom stereocenters. The first-order chi connectivity index (χ1) is 7.38. The minimum absolute atomic E-state index is 0.537. The third-order valence-corrected chi connectivity index (χ3v) is 4.22. The molecular weight excluding hydrogens is 186 g/mol. The van der Waals surface area contributed by atoms with Crippen LogP contribution in [0.2, 0.25) is 0 Å². The molecule has 88 valence electrons. The highest BCUT2D eigenvalue weighted by atomic mass is 16.5. The van der Waals surface area contributed by atoms with Gasteiger partial charge in [-0.3, -0.25) is 0 Å². The van der Waals surface area contributed by atoms with Crippen LogP contribution in [0, 0.1) is 5.92 Å². The van der Waals surface area contributed by atoms with Gasteiger partial charge in [0.15, 0.2) is 0 Å². The van der Waals surface area contributed by atoms with Crippen molar-refractivity contribution < 1.29 is 4.74 Å². The number of ether oxygens (including phenoxy) is 1. The molecule has 0 aromatic rings. The molecule has 0 amide bonds. The lowest BCUT2D eigenvalue weighted by molar-refractivity contribution is 0.0623. The SMILES string of the molecule is COC1CCC(NCCC2CCC2)CC1. The summed E-state index contributed by atoms with van der Waals surface area (Å²) in [4.78, 5) is 0. The number of rotatable bonds is 5. The van der Waals surface area contributed by atoms with Gasteiger partial charge >= 0.3 is 0 Å². The number of hydrogen-bond donors (Lipinski definition) is 1. The van der Waals surface area contributed by atoms with E-state index < -0.39 is 0 Å². The Balaban J connectivity index is 1.52. The monoisotopic (exact) mass is 211 g/mol. The van der Waals surface area contributed by atoms with Gasteiger partial charge in [-0.25, -0.2) is 0 Å². The maximum Gasteiger partial charge on any atom is 0.0572 e. The zero-order valence-corrected chi connectivity index (χ0v) is 10.0. The van der Waals surface area contributed by atoms with Crippen molar-refractivity contribution in [2.75, 3.05) is 13.7 Å². The first-order valence-electron chi connectivity index (χ1n) is 6.64. The molecule has 0 aromatic carbocycles. The summed E-state index contributed by atoms with van der Waals surface area (Å²) in [5.41, 5.74) is 0. The molecule has 0 spiro atoms. The van der Waals surface area contributed by atoms with Crippen LogP contribution < -0.4 is 5.32 Å². The van der Waals surface area contributed by atoms with Crippen molar-refractivity contribution in [2.45, 2.75) is 63.5 Å². The van der Waals surface area contributed by atoms with Gasteiger partial charge < -0.3 is 10.1 Å². The molecule has 1 N–H and O–H groups in total. The van der Waals surface area contributed by atoms with Gasteiger partial charge in [-0.2, -0.15) is 0 Å². The lowest BCUT2D eigenvalue weighted by atomic mass is 9.83. The fourth-order valence-electron chi connectivity index (χ4n) is 2.78. The van der Waals surface area contributed by atoms with E-state index in [4.69, 9.17) is 4.74 Å². The van der Waals surface area contributed by atoms with Gasteiger partial charge in [0.25, 0.3) is 0 Å². The quantitative estimate of drug-likeness (QED) is 0.755. The second kappa shape index (κ2) is 5.86. The number of nitrogens with one attached hydrogen (secondary N) is 1. The molecule has 2 rings (SSSR count). The molecule has 2 aliphatic carbocycles. The van der Waals surface area contributed by atoms with Crippen LogP contribution in [-0.4, -0.2) is 25.8 Å². The van der Waals surface area contributed by atoms with Crippen LogP contribution in [0.15, 0.2) is 0 Å². The molecule has 15 heavy (non-hydrogen) atoms. The number of hydrogen-bond acceptors (Lipinski definition) is 2. The Hall–Kier alpha value is -0.0800. The highest BCUT2D eigenvalue weighted by Crippen LogP contribution is 2.29. The van der Waals surface area contributed by atoms with Crippen molar-refractivity contribution in [3.63, 3.8) is 0 Å². The molecule has 0 bridgehead atoms. The average Bonchev–Trinajstić information content (AvgIpc) is 2.23. The molecule has 2 heteroatoms. The molecule has 0 saturated heterocycles. The van der Waals surface area contributed by atoms with Gasteiger partial charge in [0.1, 0.15) is 0 Å². The molecule has 2 fully saturated rings. The van der Waals surface area contributed by atoms with Crippen LogP contribution in [0.3, 0.4) is 0 Å². The van der Waals surface area contributed by atoms with Crippen molar-refractivity contribution in [1.82, 2.24) is 5.32 Å². The Morgan fingerprint density at radius 1 is 1.07 bits per heavy atom. The largest absolute Gasteiger partial charge is 0.381 e. The Morgan fingerprint density at radius 2 is 1.80 bits per heavy atom. The predicted octanol–water partition coefficient (Wildman–Crippen LogP) is 2.72. The minimum atomic E-state index is 0.537. The lowest BCUT2D eigenvalue weighted by Gasteiger charge is -2.30. The molecule has 0 heterocycles. The first-order valence-corrected chi connectivity index (χ1v) is 6.64. The fourth-order valence-corrected chi connectivity index (χ4v) is 2.78. The molecule has 2 nitrogen and oxygen atoms in total. The molecule has 0 aliphatic heterocycles. The number of methoxy groups -OCH3 is 1. The Morgan fingerprint density at radius 3 is 2.33 bits per heavy atom. The van der Waals surface area contributed by atoms with Crippen molar-refractivity contribution in [1.29, 1.82) is 0 Å². The molecule has 0 radical (unpaired) electrons. The van der Waals surface area contributed by atoms with Crippen LogP contribution in [0.5, 0.6) is 0 Å². The second-order valence-electron chi connectivity index (χ2n) is 5.25. The van der Waals surface area contributed by atoms with E-state index in [1.165, 1.54) is 57.9 Å². The van der Waals surface area contributed by atoms with E-state index in [9.17, 15) is 0 Å². The summed E-state index contributed by atoms with van der Waals surface area (Å²) in [6, 6.07) is 0.775. The van der Waals surface area contributed by atoms with Crippen LogP contribution in [0.25, 0.3) is 0 Å². The Bertz CT molecular complexity index is 171. The maximum atomic E-state index is 5.38. The van der Waals surface area contributed by atoms with Gasteiger partial charge in [-0.1, -0.05) is 19.3 Å². The molecule has 0 aromatic heterocycles. The van der Waals surface area contributed by atoms with Crippen molar-refractivity contribution in [3.8, 4) is 0 Å². The van der Waals surface area contributed by atoms with E-state index in [0.717, 1.165) is 12.0 Å². The first kappa shape index (κ1) is 11.4. The zero-order valence-electron chi connectivity index (χ0n) is 10.0. The van der Waals surface area contributed by atoms with Gasteiger partial charge in [-0.15, -0.1) is 0 Å². The maximum absolute atomic E-state index is 5.38. The molecular formula is C13H25NO. The summed E-state index contributed by atoms with van der Waals surface area (Å²) in [6.45, 7) is 1.24.